The summed E-state index contributed by atoms with van der Waals surface area (Å²) in [7, 11) is 0. The first-order valence-electron chi connectivity index (χ1n) is 5.04. The molecule has 0 amide bonds. The van der Waals surface area contributed by atoms with E-state index in [1.807, 2.05) is 37.3 Å². The van der Waals surface area contributed by atoms with Gasteiger partial charge in [0.1, 0.15) is 0 Å². The normalized spacial score (nSPS) is 12.4. The molecule has 0 bridgehead atoms. The predicted octanol–water partition coefficient (Wildman–Crippen LogP) is 3.66. The highest BCUT2D eigenvalue weighted by Gasteiger charge is 2.04. The van der Waals surface area contributed by atoms with Crippen molar-refractivity contribution in [2.75, 3.05) is 0 Å². The lowest BCUT2D eigenvalue weighted by Crippen LogP contribution is -1.91. The van der Waals surface area contributed by atoms with Gasteiger partial charge in [0.2, 0.25) is 0 Å². The summed E-state index contributed by atoms with van der Waals surface area (Å²) >= 11 is 1.22. The maximum absolute atomic E-state index is 11.0. The number of hydrogen-bond donors (Lipinski definition) is 0. The van der Waals surface area contributed by atoms with Gasteiger partial charge >= 0.3 is 0 Å². The zero-order chi connectivity index (χ0) is 12.4. The van der Waals surface area contributed by atoms with Crippen molar-refractivity contribution in [2.45, 2.75) is 11.8 Å². The van der Waals surface area contributed by atoms with Crippen LogP contribution >= 0.6 is 15.9 Å². The van der Waals surface area contributed by atoms with E-state index in [2.05, 4.69) is 15.9 Å². The van der Waals surface area contributed by atoms with E-state index in [1.54, 1.807) is 12.1 Å². The molecule has 0 heterocycles. The van der Waals surface area contributed by atoms with E-state index in [0.717, 1.165) is 21.2 Å². The Morgan fingerprint density at radius 3 is 2.59 bits per heavy atom. The molecule has 1 unspecified atom stereocenters. The van der Waals surface area contributed by atoms with Crippen molar-refractivity contribution >= 4 is 27.0 Å². The Kier molecular flexibility index (Phi) is 3.76. The Morgan fingerprint density at radius 2 is 1.94 bits per heavy atom. The fraction of sp³-hybridized carbons (Fsp3) is 0.0769. The van der Waals surface area contributed by atoms with Gasteiger partial charge in [0, 0.05) is 9.37 Å². The van der Waals surface area contributed by atoms with Crippen LogP contribution in [0.4, 0.5) is 0 Å². The molecule has 0 aromatic heterocycles. The van der Waals surface area contributed by atoms with E-state index in [-0.39, 0.29) is 0 Å². The maximum atomic E-state index is 11.0. The molecule has 88 valence electrons. The lowest BCUT2D eigenvalue weighted by atomic mass is 10.0. The summed E-state index contributed by atoms with van der Waals surface area (Å²) in [5.41, 5.74) is 2.99. The molecule has 2 rings (SSSR count). The Labute approximate surface area is 111 Å². The number of hydrogen-bond acceptors (Lipinski definition) is 2. The van der Waals surface area contributed by atoms with Crippen molar-refractivity contribution in [2.24, 2.45) is 0 Å². The molecule has 0 saturated carbocycles. The Balaban J connectivity index is 2.58. The third-order valence-corrected chi connectivity index (χ3v) is 3.67. The Bertz CT molecular complexity index is 581. The molecule has 2 aromatic carbocycles. The van der Waals surface area contributed by atoms with E-state index >= 15 is 0 Å². The molecule has 0 spiro atoms. The SMILES string of the molecule is Cc1ccc(S(=O)[O-])cc1-c1cccc(Br)c1. The summed E-state index contributed by atoms with van der Waals surface area (Å²) in [6, 6.07) is 12.9. The van der Waals surface area contributed by atoms with Crippen molar-refractivity contribution in [1.82, 2.24) is 0 Å². The van der Waals surface area contributed by atoms with Gasteiger partial charge in [0.05, 0.1) is 0 Å². The lowest BCUT2D eigenvalue weighted by molar-refractivity contribution is 0.537. The molecule has 0 fully saturated rings. The van der Waals surface area contributed by atoms with Crippen LogP contribution in [0.3, 0.4) is 0 Å². The average molecular weight is 310 g/mol. The first kappa shape index (κ1) is 12.5. The van der Waals surface area contributed by atoms with Crippen molar-refractivity contribution in [3.8, 4) is 11.1 Å². The minimum Gasteiger partial charge on any atom is -0.768 e. The minimum absolute atomic E-state index is 0.311. The maximum Gasteiger partial charge on any atom is 0.0255 e. The van der Waals surface area contributed by atoms with Gasteiger partial charge in [-0.15, -0.1) is 0 Å². The summed E-state index contributed by atoms with van der Waals surface area (Å²) in [5, 5.41) is 0. The fourth-order valence-electron chi connectivity index (χ4n) is 1.67. The van der Waals surface area contributed by atoms with Crippen LogP contribution in [0.2, 0.25) is 0 Å². The zero-order valence-electron chi connectivity index (χ0n) is 9.14. The third kappa shape index (κ3) is 2.83. The lowest BCUT2D eigenvalue weighted by Gasteiger charge is -2.11. The molecule has 0 aliphatic carbocycles. The second-order valence-electron chi connectivity index (χ2n) is 3.72. The second kappa shape index (κ2) is 5.12. The highest BCUT2D eigenvalue weighted by molar-refractivity contribution is 9.10. The largest absolute Gasteiger partial charge is 0.768 e. The third-order valence-electron chi connectivity index (χ3n) is 2.54. The summed E-state index contributed by atoms with van der Waals surface area (Å²) in [6.07, 6.45) is 0. The number of benzene rings is 2. The van der Waals surface area contributed by atoms with E-state index < -0.39 is 11.1 Å². The Morgan fingerprint density at radius 1 is 1.18 bits per heavy atom. The van der Waals surface area contributed by atoms with Crippen molar-refractivity contribution in [1.29, 1.82) is 0 Å². The van der Waals surface area contributed by atoms with Crippen LogP contribution in [-0.2, 0) is 11.1 Å². The number of aryl methyl sites for hydroxylation is 1. The zero-order valence-corrected chi connectivity index (χ0v) is 11.5. The molecule has 17 heavy (non-hydrogen) atoms. The quantitative estimate of drug-likeness (QED) is 0.794. The fourth-order valence-corrected chi connectivity index (χ4v) is 2.46. The van der Waals surface area contributed by atoms with Gasteiger partial charge < -0.3 is 4.55 Å². The van der Waals surface area contributed by atoms with Crippen LogP contribution in [0.15, 0.2) is 51.8 Å². The molecule has 1 atom stereocenters. The number of rotatable bonds is 2. The van der Waals surface area contributed by atoms with Crippen LogP contribution in [0.5, 0.6) is 0 Å². The molecule has 2 aromatic rings. The first-order valence-corrected chi connectivity index (χ1v) is 6.90. The molecule has 0 radical (unpaired) electrons. The molecule has 4 heteroatoms. The summed E-state index contributed by atoms with van der Waals surface area (Å²) in [4.78, 5) is 0.311. The topological polar surface area (TPSA) is 40.1 Å². The van der Waals surface area contributed by atoms with Crippen LogP contribution in [0.1, 0.15) is 5.56 Å². The summed E-state index contributed by atoms with van der Waals surface area (Å²) < 4.78 is 22.9. The van der Waals surface area contributed by atoms with Crippen molar-refractivity contribution in [3.63, 3.8) is 0 Å². The molecule has 0 saturated heterocycles. The Hall–Kier alpha value is -0.970. The molecular weight excluding hydrogens is 300 g/mol. The highest BCUT2D eigenvalue weighted by atomic mass is 79.9. The molecular formula is C13H10BrO2S-. The number of halogens is 1. The smallest absolute Gasteiger partial charge is 0.0255 e. The van der Waals surface area contributed by atoms with Gasteiger partial charge in [-0.05, 0) is 59.0 Å². The molecule has 2 nitrogen and oxygen atoms in total. The van der Waals surface area contributed by atoms with Gasteiger partial charge in [-0.25, -0.2) is 0 Å². The van der Waals surface area contributed by atoms with Gasteiger partial charge in [0.15, 0.2) is 0 Å². The van der Waals surface area contributed by atoms with E-state index in [1.165, 1.54) is 0 Å². The van der Waals surface area contributed by atoms with Crippen LogP contribution in [-0.4, -0.2) is 8.76 Å². The van der Waals surface area contributed by atoms with Gasteiger partial charge in [-0.2, -0.15) is 0 Å². The van der Waals surface area contributed by atoms with E-state index in [9.17, 15) is 8.76 Å². The van der Waals surface area contributed by atoms with Crippen molar-refractivity contribution in [3.05, 3.63) is 52.5 Å². The molecule has 0 N–H and O–H groups in total. The monoisotopic (exact) mass is 309 g/mol. The summed E-state index contributed by atoms with van der Waals surface area (Å²) in [6.45, 7) is 1.97. The molecule has 0 aliphatic heterocycles. The minimum atomic E-state index is -2.19. The van der Waals surface area contributed by atoms with Crippen molar-refractivity contribution < 1.29 is 8.76 Å². The average Bonchev–Trinajstić information content (AvgIpc) is 2.29. The van der Waals surface area contributed by atoms with E-state index in [0.29, 0.717) is 4.90 Å². The highest BCUT2D eigenvalue weighted by Crippen LogP contribution is 2.27. The second-order valence-corrected chi connectivity index (χ2v) is 5.58. The predicted molar refractivity (Wildman–Crippen MR) is 71.5 cm³/mol. The first-order chi connectivity index (χ1) is 8.08. The van der Waals surface area contributed by atoms with Gasteiger partial charge in [-0.3, -0.25) is 4.21 Å². The van der Waals surface area contributed by atoms with Gasteiger partial charge in [0.25, 0.3) is 0 Å². The standard InChI is InChI=1S/C13H11BrO2S/c1-9-5-6-12(17(15)16)8-13(9)10-3-2-4-11(14)7-10/h2-8H,1H3,(H,15,16)/p-1. The van der Waals surface area contributed by atoms with E-state index in [4.69, 9.17) is 0 Å². The van der Waals surface area contributed by atoms with Crippen LogP contribution in [0.25, 0.3) is 11.1 Å². The van der Waals surface area contributed by atoms with Crippen LogP contribution < -0.4 is 0 Å². The molecule has 0 aliphatic rings. The van der Waals surface area contributed by atoms with Gasteiger partial charge in [-0.1, -0.05) is 34.1 Å². The van der Waals surface area contributed by atoms with Crippen LogP contribution in [0, 0.1) is 6.92 Å². The summed E-state index contributed by atoms with van der Waals surface area (Å²) in [5.74, 6) is 0.